The van der Waals surface area contributed by atoms with Crippen LogP contribution in [0.3, 0.4) is 0 Å². The number of carbonyl (C=O) groups excluding carboxylic acids is 2. The van der Waals surface area contributed by atoms with Crippen molar-refractivity contribution in [1.82, 2.24) is 29.8 Å². The number of thiophene rings is 1. The molecule has 0 fully saturated rings. The molecule has 4 rings (SSSR count). The molecule has 1 atom stereocenters. The van der Waals surface area contributed by atoms with Gasteiger partial charge in [-0.05, 0) is 42.8 Å². The number of fused-ring (bicyclic) bond motifs is 2. The maximum Gasteiger partial charge on any atom is 0.291 e. The SMILES string of the molecule is CCCC(NC(=O)c1nc2nccc(C)n2n1)C(=O)N1CCc2sccc2C1. The molecule has 0 radical (unpaired) electrons. The summed E-state index contributed by atoms with van der Waals surface area (Å²) in [6.45, 7) is 5.14. The highest BCUT2D eigenvalue weighted by molar-refractivity contribution is 7.10. The lowest BCUT2D eigenvalue weighted by Gasteiger charge is -2.30. The highest BCUT2D eigenvalue weighted by atomic mass is 32.1. The molecule has 0 saturated heterocycles. The highest BCUT2D eigenvalue weighted by Crippen LogP contribution is 2.24. The second-order valence-corrected chi connectivity index (χ2v) is 7.93. The summed E-state index contributed by atoms with van der Waals surface area (Å²) >= 11 is 1.74. The van der Waals surface area contributed by atoms with Gasteiger partial charge in [-0.3, -0.25) is 9.59 Å². The Bertz CT molecular complexity index is 1030. The molecule has 0 spiro atoms. The van der Waals surface area contributed by atoms with Crippen molar-refractivity contribution < 1.29 is 9.59 Å². The highest BCUT2D eigenvalue weighted by Gasteiger charge is 2.29. The minimum Gasteiger partial charge on any atom is -0.337 e. The Morgan fingerprint density at radius 2 is 2.21 bits per heavy atom. The lowest BCUT2D eigenvalue weighted by Crippen LogP contribution is -2.49. The third kappa shape index (κ3) is 3.49. The monoisotopic (exact) mass is 398 g/mol. The number of carbonyl (C=O) groups is 2. The van der Waals surface area contributed by atoms with Crippen molar-refractivity contribution in [2.75, 3.05) is 6.54 Å². The van der Waals surface area contributed by atoms with Crippen LogP contribution in [-0.2, 0) is 17.8 Å². The summed E-state index contributed by atoms with van der Waals surface area (Å²) in [5.74, 6) is -0.117. The lowest BCUT2D eigenvalue weighted by atomic mass is 10.1. The third-order valence-corrected chi connectivity index (χ3v) is 5.96. The van der Waals surface area contributed by atoms with E-state index in [1.165, 1.54) is 15.0 Å². The smallest absolute Gasteiger partial charge is 0.291 e. The predicted molar refractivity (Wildman–Crippen MR) is 105 cm³/mol. The lowest BCUT2D eigenvalue weighted by molar-refractivity contribution is -0.134. The van der Waals surface area contributed by atoms with Crippen molar-refractivity contribution in [2.45, 2.75) is 45.7 Å². The molecule has 0 aliphatic carbocycles. The molecular weight excluding hydrogens is 376 g/mol. The van der Waals surface area contributed by atoms with Crippen molar-refractivity contribution in [3.63, 3.8) is 0 Å². The Hall–Kier alpha value is -2.81. The Kier molecular flexibility index (Phi) is 5.08. The summed E-state index contributed by atoms with van der Waals surface area (Å²) in [5, 5.41) is 9.13. The number of hydrogen-bond donors (Lipinski definition) is 1. The second-order valence-electron chi connectivity index (χ2n) is 6.93. The van der Waals surface area contributed by atoms with Gasteiger partial charge < -0.3 is 10.2 Å². The van der Waals surface area contributed by atoms with E-state index in [9.17, 15) is 9.59 Å². The summed E-state index contributed by atoms with van der Waals surface area (Å²) in [5.41, 5.74) is 2.03. The van der Waals surface area contributed by atoms with Gasteiger partial charge in [-0.15, -0.1) is 16.4 Å². The van der Waals surface area contributed by atoms with E-state index >= 15 is 0 Å². The zero-order valence-corrected chi connectivity index (χ0v) is 16.7. The molecule has 3 aromatic heterocycles. The van der Waals surface area contributed by atoms with Crippen LogP contribution in [0.4, 0.5) is 0 Å². The molecule has 3 aromatic rings. The van der Waals surface area contributed by atoms with E-state index in [4.69, 9.17) is 0 Å². The first-order valence-electron chi connectivity index (χ1n) is 9.40. The van der Waals surface area contributed by atoms with E-state index in [1.54, 1.807) is 23.6 Å². The fourth-order valence-electron chi connectivity index (χ4n) is 3.43. The van der Waals surface area contributed by atoms with Crippen molar-refractivity contribution in [3.05, 3.63) is 45.7 Å². The Morgan fingerprint density at radius 1 is 1.36 bits per heavy atom. The van der Waals surface area contributed by atoms with Crippen LogP contribution in [0.15, 0.2) is 23.7 Å². The zero-order valence-electron chi connectivity index (χ0n) is 15.9. The van der Waals surface area contributed by atoms with Gasteiger partial charge in [-0.2, -0.15) is 4.98 Å². The first-order chi connectivity index (χ1) is 13.6. The number of rotatable bonds is 5. The van der Waals surface area contributed by atoms with Gasteiger partial charge in [0.15, 0.2) is 0 Å². The number of nitrogens with one attached hydrogen (secondary N) is 1. The van der Waals surface area contributed by atoms with Crippen LogP contribution in [0.2, 0.25) is 0 Å². The molecule has 0 saturated carbocycles. The van der Waals surface area contributed by atoms with E-state index in [2.05, 4.69) is 31.8 Å². The van der Waals surface area contributed by atoms with Gasteiger partial charge in [-0.1, -0.05) is 13.3 Å². The van der Waals surface area contributed by atoms with E-state index in [-0.39, 0.29) is 11.7 Å². The average Bonchev–Trinajstić information content (AvgIpc) is 3.34. The molecule has 2 amide bonds. The van der Waals surface area contributed by atoms with Crippen LogP contribution in [0.5, 0.6) is 0 Å². The quantitative estimate of drug-likeness (QED) is 0.709. The normalized spacial score (nSPS) is 14.7. The van der Waals surface area contributed by atoms with Gasteiger partial charge >= 0.3 is 0 Å². The Balaban J connectivity index is 1.50. The molecule has 28 heavy (non-hydrogen) atoms. The van der Waals surface area contributed by atoms with Gasteiger partial charge in [-0.25, -0.2) is 9.50 Å². The molecule has 1 unspecified atom stereocenters. The molecule has 146 valence electrons. The summed E-state index contributed by atoms with van der Waals surface area (Å²) in [6.07, 6.45) is 3.85. The molecule has 1 aliphatic rings. The topological polar surface area (TPSA) is 92.5 Å². The maximum atomic E-state index is 13.1. The summed E-state index contributed by atoms with van der Waals surface area (Å²) in [4.78, 5) is 37.3. The van der Waals surface area contributed by atoms with Gasteiger partial charge in [0, 0.05) is 29.9 Å². The molecule has 8 nitrogen and oxygen atoms in total. The molecule has 1 aliphatic heterocycles. The standard InChI is InChI=1S/C19H22N6O2S/c1-3-4-14(18(27)24-9-6-15-13(11-24)7-10-28-15)21-17(26)16-22-19-20-8-5-12(2)25(19)23-16/h5,7-8,10,14H,3-4,6,9,11H2,1-2H3,(H,21,26). The number of aromatic nitrogens is 4. The molecule has 0 aromatic carbocycles. The maximum absolute atomic E-state index is 13.1. The van der Waals surface area contributed by atoms with Crippen molar-refractivity contribution in [1.29, 1.82) is 0 Å². The minimum atomic E-state index is -0.585. The van der Waals surface area contributed by atoms with Gasteiger partial charge in [0.05, 0.1) is 0 Å². The molecule has 1 N–H and O–H groups in total. The van der Waals surface area contributed by atoms with Crippen molar-refractivity contribution >= 4 is 28.9 Å². The van der Waals surface area contributed by atoms with Gasteiger partial charge in [0.1, 0.15) is 6.04 Å². The minimum absolute atomic E-state index is 0.0227. The molecule has 0 bridgehead atoms. The fraction of sp³-hybridized carbons (Fsp3) is 0.421. The van der Waals surface area contributed by atoms with Crippen LogP contribution in [0.1, 0.15) is 46.5 Å². The van der Waals surface area contributed by atoms with E-state index in [0.29, 0.717) is 25.3 Å². The number of nitrogens with zero attached hydrogens (tertiary/aromatic N) is 5. The molecule has 9 heteroatoms. The zero-order chi connectivity index (χ0) is 19.7. The number of hydrogen-bond acceptors (Lipinski definition) is 6. The van der Waals surface area contributed by atoms with Crippen molar-refractivity contribution in [2.24, 2.45) is 0 Å². The second kappa shape index (κ2) is 7.67. The van der Waals surface area contributed by atoms with Crippen LogP contribution < -0.4 is 5.32 Å². The summed E-state index contributed by atoms with van der Waals surface area (Å²) in [6, 6.07) is 3.28. The van der Waals surface area contributed by atoms with Crippen LogP contribution in [0.25, 0.3) is 5.78 Å². The Morgan fingerprint density at radius 3 is 3.00 bits per heavy atom. The summed E-state index contributed by atoms with van der Waals surface area (Å²) in [7, 11) is 0. The third-order valence-electron chi connectivity index (χ3n) is 4.93. The van der Waals surface area contributed by atoms with Crippen LogP contribution in [-0.4, -0.2) is 48.9 Å². The fourth-order valence-corrected chi connectivity index (χ4v) is 4.32. The molecule has 4 heterocycles. The largest absolute Gasteiger partial charge is 0.337 e. The number of amides is 2. The first kappa shape index (κ1) is 18.5. The summed E-state index contributed by atoms with van der Waals surface area (Å²) < 4.78 is 1.52. The van der Waals surface area contributed by atoms with Gasteiger partial charge in [0.25, 0.3) is 11.7 Å². The van der Waals surface area contributed by atoms with E-state index in [0.717, 1.165) is 18.5 Å². The predicted octanol–water partition coefficient (Wildman–Crippen LogP) is 1.98. The number of aryl methyl sites for hydroxylation is 1. The Labute approximate surface area is 166 Å². The van der Waals surface area contributed by atoms with Gasteiger partial charge in [0.2, 0.25) is 11.7 Å². The van der Waals surface area contributed by atoms with Crippen LogP contribution in [0, 0.1) is 6.92 Å². The average molecular weight is 398 g/mol. The first-order valence-corrected chi connectivity index (χ1v) is 10.3. The van der Waals surface area contributed by atoms with E-state index < -0.39 is 11.9 Å². The van der Waals surface area contributed by atoms with Crippen molar-refractivity contribution in [3.8, 4) is 0 Å². The van der Waals surface area contributed by atoms with E-state index in [1.807, 2.05) is 18.7 Å². The van der Waals surface area contributed by atoms with Crippen LogP contribution >= 0.6 is 11.3 Å². The molecular formula is C19H22N6O2S.